The largest absolute Gasteiger partial charge is 0.359 e. The van der Waals surface area contributed by atoms with Crippen LogP contribution in [-0.2, 0) is 13.0 Å². The Bertz CT molecular complexity index is 655. The van der Waals surface area contributed by atoms with E-state index < -0.39 is 0 Å². The predicted molar refractivity (Wildman–Crippen MR) is 109 cm³/mol. The van der Waals surface area contributed by atoms with E-state index in [1.54, 1.807) is 12.1 Å². The lowest BCUT2D eigenvalue weighted by molar-refractivity contribution is 0.376. The average molecular weight is 460 g/mol. The Morgan fingerprint density at radius 3 is 2.56 bits per heavy atom. The van der Waals surface area contributed by atoms with Crippen molar-refractivity contribution in [2.75, 3.05) is 13.1 Å². The predicted octanol–water partition coefficient (Wildman–Crippen LogP) is 3.85. The van der Waals surface area contributed by atoms with Crippen LogP contribution in [0.25, 0.3) is 0 Å². The third-order valence-corrected chi connectivity index (χ3v) is 3.53. The molecular weight excluding hydrogens is 434 g/mol. The highest BCUT2D eigenvalue weighted by Gasteiger charge is 2.07. The molecule has 0 fully saturated rings. The highest BCUT2D eigenvalue weighted by atomic mass is 127. The van der Waals surface area contributed by atoms with Crippen LogP contribution >= 0.6 is 24.0 Å². The van der Waals surface area contributed by atoms with Crippen molar-refractivity contribution in [3.8, 4) is 0 Å². The van der Waals surface area contributed by atoms with Gasteiger partial charge in [-0.2, -0.15) is 0 Å². The van der Waals surface area contributed by atoms with Gasteiger partial charge in [-0.3, -0.25) is 0 Å². The molecule has 7 heteroatoms. The van der Waals surface area contributed by atoms with Crippen molar-refractivity contribution < 1.29 is 8.91 Å². The molecule has 2 N–H and O–H groups in total. The first-order valence-electron chi connectivity index (χ1n) is 8.30. The maximum atomic E-state index is 12.9. The second-order valence-corrected chi connectivity index (χ2v) is 5.87. The molecule has 25 heavy (non-hydrogen) atoms. The van der Waals surface area contributed by atoms with E-state index in [2.05, 4.69) is 34.6 Å². The number of hydrogen-bond donors (Lipinski definition) is 2. The maximum absolute atomic E-state index is 12.9. The molecule has 0 aliphatic heterocycles. The summed E-state index contributed by atoms with van der Waals surface area (Å²) in [4.78, 5) is 4.50. The number of aliphatic imine (C=N–C) groups is 1. The van der Waals surface area contributed by atoms with E-state index >= 15 is 0 Å². The molecule has 0 aliphatic rings. The van der Waals surface area contributed by atoms with Gasteiger partial charge in [0.2, 0.25) is 0 Å². The molecule has 1 heterocycles. The van der Waals surface area contributed by atoms with Crippen LogP contribution in [0, 0.1) is 5.82 Å². The molecule has 0 amide bonds. The van der Waals surface area contributed by atoms with Gasteiger partial charge in [-0.05, 0) is 37.0 Å². The molecule has 0 bridgehead atoms. The first kappa shape index (κ1) is 21.4. The Balaban J connectivity index is 0.00000312. The fourth-order valence-corrected chi connectivity index (χ4v) is 2.15. The molecule has 0 radical (unpaired) electrons. The summed E-state index contributed by atoms with van der Waals surface area (Å²) in [6.07, 6.45) is 0.796. The van der Waals surface area contributed by atoms with E-state index in [4.69, 9.17) is 4.52 Å². The Labute approximate surface area is 165 Å². The number of rotatable bonds is 7. The molecular formula is C18H26FIN4O. The zero-order valence-electron chi connectivity index (χ0n) is 14.9. The minimum absolute atomic E-state index is 0. The van der Waals surface area contributed by atoms with Crippen LogP contribution in [0.1, 0.15) is 43.7 Å². The van der Waals surface area contributed by atoms with Crippen molar-refractivity contribution in [1.29, 1.82) is 0 Å². The molecule has 138 valence electrons. The fourth-order valence-electron chi connectivity index (χ4n) is 2.15. The quantitative estimate of drug-likeness (QED) is 0.375. The SMILES string of the molecule is CCNC(=NCc1cc(C(C)C)no1)NCCc1ccc(F)cc1.I. The minimum Gasteiger partial charge on any atom is -0.359 e. The van der Waals surface area contributed by atoms with Gasteiger partial charge < -0.3 is 15.2 Å². The van der Waals surface area contributed by atoms with Crippen molar-refractivity contribution in [1.82, 2.24) is 15.8 Å². The second kappa shape index (κ2) is 11.1. The standard InChI is InChI=1S/C18H25FN4O.HI/c1-4-20-18(21-10-9-14-5-7-15(19)8-6-14)22-12-16-11-17(13(2)3)23-24-16;/h5-8,11,13H,4,9-10,12H2,1-3H3,(H2,20,21,22);1H. The Kier molecular flexibility index (Phi) is 9.48. The average Bonchev–Trinajstić information content (AvgIpc) is 3.04. The summed E-state index contributed by atoms with van der Waals surface area (Å²) in [6.45, 7) is 8.09. The van der Waals surface area contributed by atoms with E-state index in [1.807, 2.05) is 13.0 Å². The summed E-state index contributed by atoms with van der Waals surface area (Å²) in [6, 6.07) is 8.48. The third-order valence-electron chi connectivity index (χ3n) is 3.53. The van der Waals surface area contributed by atoms with Gasteiger partial charge in [0.15, 0.2) is 11.7 Å². The number of nitrogens with one attached hydrogen (secondary N) is 2. The number of benzene rings is 1. The molecule has 2 aromatic rings. The van der Waals surface area contributed by atoms with Gasteiger partial charge in [0.1, 0.15) is 12.4 Å². The van der Waals surface area contributed by atoms with Crippen LogP contribution in [0.2, 0.25) is 0 Å². The number of hydrogen-bond acceptors (Lipinski definition) is 3. The van der Waals surface area contributed by atoms with E-state index in [-0.39, 0.29) is 29.8 Å². The van der Waals surface area contributed by atoms with Gasteiger partial charge in [-0.15, -0.1) is 24.0 Å². The molecule has 1 aromatic heterocycles. The lowest BCUT2D eigenvalue weighted by Gasteiger charge is -2.10. The highest BCUT2D eigenvalue weighted by Crippen LogP contribution is 2.14. The Morgan fingerprint density at radius 2 is 1.96 bits per heavy atom. The smallest absolute Gasteiger partial charge is 0.191 e. The van der Waals surface area contributed by atoms with Gasteiger partial charge in [-0.25, -0.2) is 9.38 Å². The number of nitrogens with zero attached hydrogens (tertiary/aromatic N) is 2. The Hall–Kier alpha value is -1.64. The first-order chi connectivity index (χ1) is 11.6. The molecule has 0 saturated carbocycles. The van der Waals surface area contributed by atoms with Crippen molar-refractivity contribution in [3.63, 3.8) is 0 Å². The van der Waals surface area contributed by atoms with Crippen LogP contribution < -0.4 is 10.6 Å². The summed E-state index contributed by atoms with van der Waals surface area (Å²) in [7, 11) is 0. The van der Waals surface area contributed by atoms with Crippen molar-refractivity contribution >= 4 is 29.9 Å². The normalized spacial score (nSPS) is 11.3. The molecule has 1 aromatic carbocycles. The van der Waals surface area contributed by atoms with Crippen LogP contribution in [0.5, 0.6) is 0 Å². The van der Waals surface area contributed by atoms with E-state index in [9.17, 15) is 4.39 Å². The van der Waals surface area contributed by atoms with Crippen LogP contribution in [0.3, 0.4) is 0 Å². The summed E-state index contributed by atoms with van der Waals surface area (Å²) in [5, 5.41) is 10.5. The van der Waals surface area contributed by atoms with Crippen LogP contribution in [0.15, 0.2) is 39.8 Å². The summed E-state index contributed by atoms with van der Waals surface area (Å²) >= 11 is 0. The van der Waals surface area contributed by atoms with Gasteiger partial charge in [0.25, 0.3) is 0 Å². The van der Waals surface area contributed by atoms with E-state index in [0.29, 0.717) is 19.0 Å². The maximum Gasteiger partial charge on any atom is 0.191 e. The summed E-state index contributed by atoms with van der Waals surface area (Å²) < 4.78 is 18.2. The van der Waals surface area contributed by atoms with E-state index in [0.717, 1.165) is 35.9 Å². The zero-order chi connectivity index (χ0) is 17.4. The second-order valence-electron chi connectivity index (χ2n) is 5.87. The monoisotopic (exact) mass is 460 g/mol. The summed E-state index contributed by atoms with van der Waals surface area (Å²) in [5.74, 6) is 1.60. The van der Waals surface area contributed by atoms with Crippen molar-refractivity contribution in [2.45, 2.75) is 39.7 Å². The lowest BCUT2D eigenvalue weighted by atomic mass is 10.1. The van der Waals surface area contributed by atoms with Gasteiger partial charge in [0.05, 0.1) is 5.69 Å². The van der Waals surface area contributed by atoms with Gasteiger partial charge in [0, 0.05) is 19.2 Å². The molecule has 0 aliphatic carbocycles. The van der Waals surface area contributed by atoms with Gasteiger partial charge in [-0.1, -0.05) is 31.1 Å². The molecule has 0 atom stereocenters. The molecule has 0 unspecified atom stereocenters. The van der Waals surface area contributed by atoms with Crippen molar-refractivity contribution in [3.05, 3.63) is 53.2 Å². The highest BCUT2D eigenvalue weighted by molar-refractivity contribution is 14.0. The fraction of sp³-hybridized carbons (Fsp3) is 0.444. The number of halogens is 2. The Morgan fingerprint density at radius 1 is 1.24 bits per heavy atom. The zero-order valence-corrected chi connectivity index (χ0v) is 17.2. The molecule has 5 nitrogen and oxygen atoms in total. The molecule has 2 rings (SSSR count). The van der Waals surface area contributed by atoms with E-state index in [1.165, 1.54) is 12.1 Å². The molecule has 0 saturated heterocycles. The topological polar surface area (TPSA) is 62.5 Å². The third kappa shape index (κ3) is 7.41. The molecule has 0 spiro atoms. The number of aromatic nitrogens is 1. The lowest BCUT2D eigenvalue weighted by Crippen LogP contribution is -2.38. The first-order valence-corrected chi connectivity index (χ1v) is 8.30. The summed E-state index contributed by atoms with van der Waals surface area (Å²) in [5.41, 5.74) is 2.02. The van der Waals surface area contributed by atoms with Crippen molar-refractivity contribution in [2.24, 2.45) is 4.99 Å². The van der Waals surface area contributed by atoms with Crippen LogP contribution in [-0.4, -0.2) is 24.2 Å². The van der Waals surface area contributed by atoms with Crippen LogP contribution in [0.4, 0.5) is 4.39 Å². The number of guanidine groups is 1. The van der Waals surface area contributed by atoms with Gasteiger partial charge >= 0.3 is 0 Å². The minimum atomic E-state index is -0.213.